The summed E-state index contributed by atoms with van der Waals surface area (Å²) in [7, 11) is 0. The molecular formula is C17H19N3O3. The molecule has 4 rings (SSSR count). The lowest BCUT2D eigenvalue weighted by Crippen LogP contribution is -2.32. The summed E-state index contributed by atoms with van der Waals surface area (Å²) in [5, 5.41) is 3.99. The highest BCUT2D eigenvalue weighted by Gasteiger charge is 2.33. The van der Waals surface area contributed by atoms with Gasteiger partial charge in [0.25, 0.3) is 0 Å². The van der Waals surface area contributed by atoms with Crippen molar-refractivity contribution in [1.29, 1.82) is 0 Å². The number of fused-ring (bicyclic) bond motifs is 1. The van der Waals surface area contributed by atoms with Crippen LogP contribution in [0.4, 0.5) is 0 Å². The summed E-state index contributed by atoms with van der Waals surface area (Å²) in [6.07, 6.45) is 3.19. The Bertz CT molecular complexity index is 740. The third-order valence-electron chi connectivity index (χ3n) is 4.52. The number of amides is 1. The van der Waals surface area contributed by atoms with Crippen LogP contribution in [0.3, 0.4) is 0 Å². The molecule has 2 aliphatic heterocycles. The summed E-state index contributed by atoms with van der Waals surface area (Å²) in [6.45, 7) is 3.26. The van der Waals surface area contributed by atoms with Crippen molar-refractivity contribution in [3.8, 4) is 5.75 Å². The number of carbonyl (C=O) groups is 1. The molecule has 120 valence electrons. The number of aromatic nitrogens is 2. The molecule has 3 heterocycles. The van der Waals surface area contributed by atoms with Crippen molar-refractivity contribution in [1.82, 2.24) is 15.0 Å². The number of nitrogens with zero attached hydrogens (tertiary/aromatic N) is 3. The SMILES string of the molecule is Cc1nc(C2CCCN2C(=O)Cc2ccc3c(c2)CCO3)no1. The molecular weight excluding hydrogens is 294 g/mol. The van der Waals surface area contributed by atoms with Crippen molar-refractivity contribution in [2.75, 3.05) is 13.2 Å². The molecule has 0 aliphatic carbocycles. The van der Waals surface area contributed by atoms with Crippen molar-refractivity contribution in [2.24, 2.45) is 0 Å². The Morgan fingerprint density at radius 1 is 1.43 bits per heavy atom. The van der Waals surface area contributed by atoms with Crippen molar-refractivity contribution in [3.63, 3.8) is 0 Å². The lowest BCUT2D eigenvalue weighted by Gasteiger charge is -2.22. The third-order valence-corrected chi connectivity index (χ3v) is 4.52. The van der Waals surface area contributed by atoms with E-state index < -0.39 is 0 Å². The molecule has 1 aromatic carbocycles. The number of ether oxygens (including phenoxy) is 1. The highest BCUT2D eigenvalue weighted by molar-refractivity contribution is 5.79. The molecule has 6 heteroatoms. The molecule has 1 fully saturated rings. The second-order valence-corrected chi connectivity index (χ2v) is 6.13. The van der Waals surface area contributed by atoms with Gasteiger partial charge in [-0.1, -0.05) is 17.3 Å². The molecule has 0 saturated carbocycles. The number of likely N-dealkylation sites (tertiary alicyclic amines) is 1. The lowest BCUT2D eigenvalue weighted by atomic mass is 10.1. The van der Waals surface area contributed by atoms with Gasteiger partial charge in [-0.3, -0.25) is 4.79 Å². The third kappa shape index (κ3) is 2.69. The Morgan fingerprint density at radius 3 is 3.17 bits per heavy atom. The Morgan fingerprint density at radius 2 is 2.35 bits per heavy atom. The fourth-order valence-electron chi connectivity index (χ4n) is 3.41. The van der Waals surface area contributed by atoms with Crippen LogP contribution < -0.4 is 4.74 Å². The first kappa shape index (κ1) is 14.2. The number of hydrogen-bond donors (Lipinski definition) is 0. The van der Waals surface area contributed by atoms with E-state index in [0.717, 1.165) is 43.7 Å². The number of rotatable bonds is 3. The summed E-state index contributed by atoms with van der Waals surface area (Å²) in [5.41, 5.74) is 2.23. The monoisotopic (exact) mass is 313 g/mol. The molecule has 2 aromatic rings. The van der Waals surface area contributed by atoms with Crippen LogP contribution in [0.2, 0.25) is 0 Å². The highest BCUT2D eigenvalue weighted by atomic mass is 16.5. The second-order valence-electron chi connectivity index (χ2n) is 6.13. The van der Waals surface area contributed by atoms with E-state index in [4.69, 9.17) is 9.26 Å². The molecule has 0 bridgehead atoms. The average molecular weight is 313 g/mol. The van der Waals surface area contributed by atoms with E-state index in [1.165, 1.54) is 5.56 Å². The van der Waals surface area contributed by atoms with Gasteiger partial charge in [-0.2, -0.15) is 4.98 Å². The zero-order valence-corrected chi connectivity index (χ0v) is 13.1. The van der Waals surface area contributed by atoms with Gasteiger partial charge >= 0.3 is 0 Å². The van der Waals surface area contributed by atoms with Crippen LogP contribution >= 0.6 is 0 Å². The molecule has 23 heavy (non-hydrogen) atoms. The van der Waals surface area contributed by atoms with Gasteiger partial charge < -0.3 is 14.2 Å². The molecule has 0 radical (unpaired) electrons. The minimum atomic E-state index is -0.0577. The van der Waals surface area contributed by atoms with E-state index in [0.29, 0.717) is 18.1 Å². The number of hydrogen-bond acceptors (Lipinski definition) is 5. The van der Waals surface area contributed by atoms with Crippen molar-refractivity contribution in [3.05, 3.63) is 41.0 Å². The summed E-state index contributed by atoms with van der Waals surface area (Å²) < 4.78 is 10.6. The van der Waals surface area contributed by atoms with Gasteiger partial charge in [-0.25, -0.2) is 0 Å². The first-order valence-electron chi connectivity index (χ1n) is 8.05. The molecule has 0 spiro atoms. The van der Waals surface area contributed by atoms with E-state index in [2.05, 4.69) is 16.2 Å². The van der Waals surface area contributed by atoms with Crippen molar-refractivity contribution >= 4 is 5.91 Å². The molecule has 1 unspecified atom stereocenters. The van der Waals surface area contributed by atoms with Crippen LogP contribution in [0.1, 0.15) is 41.7 Å². The van der Waals surface area contributed by atoms with Crippen LogP contribution in [-0.2, 0) is 17.6 Å². The second kappa shape index (κ2) is 5.68. The van der Waals surface area contributed by atoms with E-state index in [1.807, 2.05) is 17.0 Å². The van der Waals surface area contributed by atoms with E-state index in [9.17, 15) is 4.79 Å². The first-order valence-corrected chi connectivity index (χ1v) is 8.05. The van der Waals surface area contributed by atoms with Crippen molar-refractivity contribution < 1.29 is 14.1 Å². The van der Waals surface area contributed by atoms with Gasteiger partial charge in [0.15, 0.2) is 5.82 Å². The molecule has 1 aromatic heterocycles. The van der Waals surface area contributed by atoms with Crippen LogP contribution in [0, 0.1) is 6.92 Å². The highest BCUT2D eigenvalue weighted by Crippen LogP contribution is 2.31. The predicted molar refractivity (Wildman–Crippen MR) is 82.1 cm³/mol. The summed E-state index contributed by atoms with van der Waals surface area (Å²) in [5.74, 6) is 2.23. The fraction of sp³-hybridized carbons (Fsp3) is 0.471. The average Bonchev–Trinajstić information content (AvgIpc) is 3.26. The molecule has 0 N–H and O–H groups in total. The fourth-order valence-corrected chi connectivity index (χ4v) is 3.41. The van der Waals surface area contributed by atoms with Gasteiger partial charge in [0, 0.05) is 19.9 Å². The predicted octanol–water partition coefficient (Wildman–Crippen LogP) is 2.22. The molecule has 1 saturated heterocycles. The normalized spacial score (nSPS) is 19.7. The minimum absolute atomic E-state index is 0.0577. The van der Waals surface area contributed by atoms with Crippen LogP contribution in [0.25, 0.3) is 0 Å². The Kier molecular flexibility index (Phi) is 3.52. The van der Waals surface area contributed by atoms with Crippen LogP contribution in [0.15, 0.2) is 22.7 Å². The van der Waals surface area contributed by atoms with Gasteiger partial charge in [0.1, 0.15) is 5.75 Å². The molecule has 1 amide bonds. The zero-order valence-electron chi connectivity index (χ0n) is 13.1. The van der Waals surface area contributed by atoms with Crippen LogP contribution in [-0.4, -0.2) is 34.1 Å². The molecule has 2 aliphatic rings. The van der Waals surface area contributed by atoms with E-state index >= 15 is 0 Å². The van der Waals surface area contributed by atoms with Gasteiger partial charge in [0.05, 0.1) is 19.1 Å². The Hall–Kier alpha value is -2.37. The zero-order chi connectivity index (χ0) is 15.8. The summed E-state index contributed by atoms with van der Waals surface area (Å²) in [4.78, 5) is 18.9. The quantitative estimate of drug-likeness (QED) is 0.869. The van der Waals surface area contributed by atoms with Crippen LogP contribution in [0.5, 0.6) is 5.75 Å². The maximum absolute atomic E-state index is 12.7. The summed E-state index contributed by atoms with van der Waals surface area (Å²) in [6, 6.07) is 5.97. The standard InChI is InChI=1S/C17H19N3O3/c1-11-18-17(19-23-11)14-3-2-7-20(14)16(21)10-12-4-5-15-13(9-12)6-8-22-15/h4-5,9,14H,2-3,6-8,10H2,1H3. The maximum atomic E-state index is 12.7. The Balaban J connectivity index is 1.50. The first-order chi connectivity index (χ1) is 11.2. The molecule has 6 nitrogen and oxygen atoms in total. The van der Waals surface area contributed by atoms with Crippen molar-refractivity contribution in [2.45, 2.75) is 38.6 Å². The smallest absolute Gasteiger partial charge is 0.227 e. The van der Waals surface area contributed by atoms with Gasteiger partial charge in [-0.05, 0) is 30.0 Å². The number of carbonyl (C=O) groups excluding carboxylic acids is 1. The Labute approximate surface area is 134 Å². The van der Waals surface area contributed by atoms with Gasteiger partial charge in [0.2, 0.25) is 11.8 Å². The molecule has 1 atom stereocenters. The topological polar surface area (TPSA) is 68.5 Å². The summed E-state index contributed by atoms with van der Waals surface area (Å²) >= 11 is 0. The number of aryl methyl sites for hydroxylation is 1. The van der Waals surface area contributed by atoms with E-state index in [-0.39, 0.29) is 11.9 Å². The largest absolute Gasteiger partial charge is 0.493 e. The van der Waals surface area contributed by atoms with Gasteiger partial charge in [-0.15, -0.1) is 0 Å². The van der Waals surface area contributed by atoms with E-state index in [1.54, 1.807) is 6.92 Å². The lowest BCUT2D eigenvalue weighted by molar-refractivity contribution is -0.131. The minimum Gasteiger partial charge on any atom is -0.493 e. The maximum Gasteiger partial charge on any atom is 0.227 e. The number of benzene rings is 1.